The molecule has 10 fully saturated rings. The Morgan fingerprint density at radius 2 is 0.712 bits per heavy atom. The number of carbonyl (C=O) groups excluding carboxylic acids is 5. The van der Waals surface area contributed by atoms with Crippen molar-refractivity contribution in [1.82, 2.24) is 26.6 Å². The minimum atomic E-state index is -3.17. The van der Waals surface area contributed by atoms with E-state index in [9.17, 15) is 177 Å². The molecule has 59 heteroatoms. The van der Waals surface area contributed by atoms with Gasteiger partial charge in [-0.2, -0.15) is 0 Å². The van der Waals surface area contributed by atoms with Crippen LogP contribution in [0, 0.1) is 0 Å². The van der Waals surface area contributed by atoms with Gasteiger partial charge in [0.05, 0.1) is 77.7 Å². The molecule has 0 saturated carbocycles. The van der Waals surface area contributed by atoms with Crippen LogP contribution in [0.4, 0.5) is 0 Å². The van der Waals surface area contributed by atoms with Crippen molar-refractivity contribution >= 4 is 35.5 Å². The molecule has 0 bridgehead atoms. The van der Waals surface area contributed by atoms with E-state index in [0.29, 0.717) is 0 Å². The summed E-state index contributed by atoms with van der Waals surface area (Å²) in [6.45, 7) is -6.81. The number of rotatable bonds is 36. The maximum Gasteiger partial charge on any atom is 0.364 e. The first-order valence-electron chi connectivity index (χ1n) is 41.8. The Morgan fingerprint density at radius 1 is 0.341 bits per heavy atom. The van der Waals surface area contributed by atoms with E-state index in [-0.39, 0.29) is 0 Å². The fourth-order valence-corrected chi connectivity index (χ4v) is 16.8. The number of aliphatic hydroxyl groups excluding tert-OH is 28. The summed E-state index contributed by atoms with van der Waals surface area (Å²) in [5.74, 6) is -10.3. The summed E-state index contributed by atoms with van der Waals surface area (Å²) >= 11 is 0. The van der Waals surface area contributed by atoms with Crippen LogP contribution in [0.15, 0.2) is 0 Å². The number of carboxylic acid groups (broad SMARTS) is 1. The maximum absolute atomic E-state index is 13.3. The van der Waals surface area contributed by atoms with Gasteiger partial charge in [0.15, 0.2) is 56.6 Å². The number of nitrogens with one attached hydrogen (secondary N) is 5. The van der Waals surface area contributed by atoms with Gasteiger partial charge in [-0.05, 0) is 6.92 Å². The van der Waals surface area contributed by atoms with Crippen molar-refractivity contribution in [3.8, 4) is 0 Å². The fraction of sp³-hybridized carbons (Fsp3) is 0.918. The van der Waals surface area contributed by atoms with E-state index in [1.165, 1.54) is 6.92 Å². The summed E-state index contributed by atoms with van der Waals surface area (Å²) in [6.07, 6.45) is -98.3. The number of hydrogen-bond acceptors (Lipinski definition) is 53. The second kappa shape index (κ2) is 47.3. The minimum Gasteiger partial charge on any atom is -0.477 e. The molecule has 10 saturated heterocycles. The van der Waals surface area contributed by atoms with E-state index >= 15 is 0 Å². The molecular formula is C73H121N5O54. The van der Waals surface area contributed by atoms with Crippen molar-refractivity contribution in [2.24, 2.45) is 0 Å². The van der Waals surface area contributed by atoms with E-state index in [1.807, 2.05) is 0 Å². The lowest BCUT2D eigenvalue weighted by Crippen LogP contribution is -2.71. The lowest BCUT2D eigenvalue weighted by Gasteiger charge is -2.51. The van der Waals surface area contributed by atoms with E-state index in [0.717, 1.165) is 27.7 Å². The third-order valence-corrected chi connectivity index (χ3v) is 23.9. The number of aliphatic carboxylic acids is 1. The lowest BCUT2D eigenvalue weighted by molar-refractivity contribution is -0.399. The summed E-state index contributed by atoms with van der Waals surface area (Å²) in [4.78, 5) is 76.9. The minimum absolute atomic E-state index is 0.854. The highest BCUT2D eigenvalue weighted by atomic mass is 16.8. The molecule has 10 heterocycles. The largest absolute Gasteiger partial charge is 0.477 e. The Hall–Kier alpha value is -5.06. The Labute approximate surface area is 746 Å². The normalized spacial score (nSPS) is 47.2. The standard InChI is InChI=1S/C73H121N5O54/c1-17-38(93)49(104)53(108)67(117-17)114-15-31-58(46(101)34(63(111)118-31)74-18(2)86)126-65-36(76-20(4)88)47(102)57(28(12-84)122-65)128-69-55(110)60(44(99)29(124-69)14-115-70-61(51(106)41(96)25(9-81)120-70)130-64-35(75-19(3)87)45(100)40(95)24(8-80)119-64)129-71-62(52(107)42(97)26(10-82)121-71)131-66-37(77-21(5)89)48(103)56(27(11-83)123-66)127-68-54(109)50(105)43(98)30(125-68)16-116-73(72(112)113)6-22(90)33(78-32(92)13-85)59(132-73)39(94)23(91)7-79/h17,22-31,33-71,79-85,90-91,93-111H,6-16H2,1-5H3,(H,74,86)(H,75,87)(H,76,88)(H,77,89)(H,78,92)(H,112,113)/t17-,22+,23-,24-,25-,26-,27-,28-,29-,30-,31-,33-,34-,35-,36-,37+,38+,39-,40-,41-,42-,43+,44-,45-,46-,47-,48-,49+,50+,51+,52+,53-,54-,55+,56-,57-,58-,59-,60+,61+,62+,63-,64+,65+,66+,67+,68+,69+,70+,71-,73-/m1/s1. The number of carbonyl (C=O) groups is 6. The monoisotopic (exact) mass is 1930 g/mol. The molecule has 0 aromatic heterocycles. The van der Waals surface area contributed by atoms with Crippen LogP contribution < -0.4 is 26.6 Å². The molecular weight excluding hydrogens is 1810 g/mol. The van der Waals surface area contributed by atoms with Crippen molar-refractivity contribution in [2.75, 3.05) is 66.1 Å². The van der Waals surface area contributed by atoms with Gasteiger partial charge in [-0.15, -0.1) is 0 Å². The van der Waals surface area contributed by atoms with Gasteiger partial charge < -0.3 is 265 Å². The number of carboxylic acids is 1. The van der Waals surface area contributed by atoms with E-state index in [2.05, 4.69) is 26.6 Å². The van der Waals surface area contributed by atoms with Gasteiger partial charge in [0.25, 0.3) is 5.79 Å². The van der Waals surface area contributed by atoms with Gasteiger partial charge in [-0.1, -0.05) is 0 Å². The molecule has 0 radical (unpaired) electrons. The Kier molecular flexibility index (Phi) is 39.0. The molecule has 5 amide bonds. The summed E-state index contributed by atoms with van der Waals surface area (Å²) in [5.41, 5.74) is 0. The third kappa shape index (κ3) is 24.3. The Balaban J connectivity index is 0.959. The van der Waals surface area contributed by atoms with Gasteiger partial charge in [0, 0.05) is 34.1 Å². The van der Waals surface area contributed by atoms with E-state index in [1.54, 1.807) is 0 Å². The van der Waals surface area contributed by atoms with Crippen molar-refractivity contribution in [3.63, 3.8) is 0 Å². The summed E-state index contributed by atoms with van der Waals surface area (Å²) in [7, 11) is 0. The second-order valence-corrected chi connectivity index (χ2v) is 33.2. The smallest absolute Gasteiger partial charge is 0.364 e. The molecule has 0 aromatic carbocycles. The zero-order valence-electron chi connectivity index (χ0n) is 70.8. The lowest BCUT2D eigenvalue weighted by atomic mass is 9.88. The highest BCUT2D eigenvalue weighted by Crippen LogP contribution is 2.42. The van der Waals surface area contributed by atoms with Crippen LogP contribution in [-0.4, -0.2) is 562 Å². The third-order valence-electron chi connectivity index (χ3n) is 23.9. The average Bonchev–Trinajstić information content (AvgIpc) is 0.761. The summed E-state index contributed by atoms with van der Waals surface area (Å²) in [6, 6.07) is -9.58. The number of aliphatic hydroxyl groups is 28. The first kappa shape index (κ1) is 109. The molecule has 10 aliphatic heterocycles. The fourth-order valence-electron chi connectivity index (χ4n) is 16.8. The molecule has 10 aliphatic rings. The topological polar surface area (TPSA) is 925 Å². The molecule has 762 valence electrons. The molecule has 132 heavy (non-hydrogen) atoms. The van der Waals surface area contributed by atoms with Crippen LogP contribution in [0.5, 0.6) is 0 Å². The van der Waals surface area contributed by atoms with Crippen LogP contribution in [-0.2, 0) is 119 Å². The highest BCUT2D eigenvalue weighted by molar-refractivity contribution is 5.78. The van der Waals surface area contributed by atoms with Crippen LogP contribution >= 0.6 is 0 Å². The molecule has 51 atom stereocenters. The first-order valence-corrected chi connectivity index (χ1v) is 41.8. The molecule has 10 rings (SSSR count). The Morgan fingerprint density at radius 3 is 1.20 bits per heavy atom. The SMILES string of the molecule is CC(=O)N[C@@H]1[C@H](O[C@@H]2[C@@H](O[C@@H]3[C@H](O)[C@H](O[C@H]4[C@H](O)[C@@H](NC(C)=O)[C@H](O[C@H]5[C@H](O)[C@@H](NC(C)=O)[C@H](O)O[C@@H]5CO[C@H]5O[C@H](C)[C@H](O)[C@H](O)[C@H]5O)O[C@@H]4CO)O[C@H](CO[C@H]4O[C@H](CO)[C@@H](O)[C@H](O)[C@@H]4O[C@@H]4O[C@H](CO)[C@@H](O)[C@H](O)[C@H]4NC(C)=O)[C@H]3O)O[C@H](CO)[C@@H](O)[C@@H]2O)O[C@H](CO)[C@@H](O[C@@H]2O[C@H](CO[C@]3(C(=O)O)C[C@H](O)[C@@H](NC(=O)CO)[C@H]([C@H](O)[C@H](O)CO)O3)[C@H](O)[C@H](O)[C@H]2O)[C@@H]1O. The van der Waals surface area contributed by atoms with Crippen molar-refractivity contribution in [2.45, 2.75) is 353 Å². The van der Waals surface area contributed by atoms with Gasteiger partial charge in [-0.25, -0.2) is 4.79 Å². The predicted octanol–water partition coefficient (Wildman–Crippen LogP) is -22.9. The van der Waals surface area contributed by atoms with Gasteiger partial charge >= 0.3 is 5.97 Å². The van der Waals surface area contributed by atoms with Gasteiger partial charge in [0.2, 0.25) is 29.5 Å². The quantitative estimate of drug-likeness (QED) is 0.0277. The molecule has 0 aliphatic carbocycles. The molecule has 0 unspecified atom stereocenters. The summed E-state index contributed by atoms with van der Waals surface area (Å²) in [5, 5.41) is 335. The first-order chi connectivity index (χ1) is 62.2. The van der Waals surface area contributed by atoms with Crippen LogP contribution in [0.2, 0.25) is 0 Å². The molecule has 34 N–H and O–H groups in total. The summed E-state index contributed by atoms with van der Waals surface area (Å²) < 4.78 is 113. The van der Waals surface area contributed by atoms with E-state index in [4.69, 9.17) is 90.0 Å². The van der Waals surface area contributed by atoms with Crippen molar-refractivity contribution in [1.29, 1.82) is 0 Å². The van der Waals surface area contributed by atoms with Crippen LogP contribution in [0.1, 0.15) is 41.0 Å². The molecule has 0 aromatic rings. The molecule has 0 spiro atoms. The van der Waals surface area contributed by atoms with Crippen LogP contribution in [0.25, 0.3) is 0 Å². The number of ether oxygens (including phenoxy) is 19. The van der Waals surface area contributed by atoms with Crippen LogP contribution in [0.3, 0.4) is 0 Å². The Bertz CT molecular complexity index is 3680. The zero-order chi connectivity index (χ0) is 97.6. The van der Waals surface area contributed by atoms with E-state index < -0.39 is 420 Å². The van der Waals surface area contributed by atoms with Crippen molar-refractivity contribution in [3.05, 3.63) is 0 Å². The van der Waals surface area contributed by atoms with Gasteiger partial charge in [-0.3, -0.25) is 24.0 Å². The number of amides is 5. The zero-order valence-corrected chi connectivity index (χ0v) is 70.8. The predicted molar refractivity (Wildman–Crippen MR) is 405 cm³/mol. The average molecular weight is 1930 g/mol. The number of hydrogen-bond donors (Lipinski definition) is 34. The molecule has 59 nitrogen and oxygen atoms in total. The van der Waals surface area contributed by atoms with Gasteiger partial charge in [0.1, 0.15) is 238 Å². The highest BCUT2D eigenvalue weighted by Gasteiger charge is 2.63. The maximum atomic E-state index is 13.3. The second-order valence-electron chi connectivity index (χ2n) is 33.2. The van der Waals surface area contributed by atoms with Crippen molar-refractivity contribution < 1.29 is 267 Å².